The third kappa shape index (κ3) is 2.77. The Kier molecular flexibility index (Phi) is 4.16. The van der Waals surface area contributed by atoms with Gasteiger partial charge in [0.05, 0.1) is 21.8 Å². The summed E-state index contributed by atoms with van der Waals surface area (Å²) >= 11 is 6.16. The first-order valence-corrected chi connectivity index (χ1v) is 7.01. The molecule has 2 N–H and O–H groups in total. The van der Waals surface area contributed by atoms with Gasteiger partial charge in [-0.05, 0) is 32.7 Å². The lowest BCUT2D eigenvalue weighted by Gasteiger charge is -2.39. The lowest BCUT2D eigenvalue weighted by molar-refractivity contribution is -0.153. The van der Waals surface area contributed by atoms with E-state index in [1.807, 2.05) is 13.8 Å². The van der Waals surface area contributed by atoms with Crippen LogP contribution < -0.4 is 0 Å². The summed E-state index contributed by atoms with van der Waals surface area (Å²) in [5.74, 6) is -0.691. The molecule has 0 aliphatic carbocycles. The minimum Gasteiger partial charge on any atom is -0.481 e. The zero-order valence-electron chi connectivity index (χ0n) is 11.4. The van der Waals surface area contributed by atoms with Crippen LogP contribution in [-0.4, -0.2) is 39.3 Å². The van der Waals surface area contributed by atoms with Gasteiger partial charge in [-0.2, -0.15) is 5.10 Å². The van der Waals surface area contributed by atoms with Crippen LogP contribution in [0.25, 0.3) is 0 Å². The highest BCUT2D eigenvalue weighted by Crippen LogP contribution is 2.34. The number of rotatable bonds is 4. The number of likely N-dealkylation sites (tertiary alicyclic amines) is 1. The molecule has 0 bridgehead atoms. The number of carboxylic acid groups (broad SMARTS) is 1. The summed E-state index contributed by atoms with van der Waals surface area (Å²) in [5, 5.41) is 17.2. The number of carbonyl (C=O) groups is 1. The van der Waals surface area contributed by atoms with E-state index in [2.05, 4.69) is 15.1 Å². The van der Waals surface area contributed by atoms with Gasteiger partial charge in [-0.25, -0.2) is 0 Å². The van der Waals surface area contributed by atoms with E-state index in [0.29, 0.717) is 24.5 Å². The molecule has 1 atom stereocenters. The lowest BCUT2D eigenvalue weighted by Crippen LogP contribution is -2.47. The molecule has 2 rings (SSSR count). The van der Waals surface area contributed by atoms with Crippen molar-refractivity contribution >= 4 is 17.6 Å². The second-order valence-corrected chi connectivity index (χ2v) is 5.74. The smallest absolute Gasteiger partial charge is 0.310 e. The average molecular weight is 286 g/mol. The topological polar surface area (TPSA) is 69.2 Å². The van der Waals surface area contributed by atoms with Gasteiger partial charge in [0.25, 0.3) is 0 Å². The molecule has 0 amide bonds. The molecule has 5 nitrogen and oxygen atoms in total. The van der Waals surface area contributed by atoms with Crippen molar-refractivity contribution in [2.24, 2.45) is 5.41 Å². The van der Waals surface area contributed by atoms with Gasteiger partial charge in [-0.15, -0.1) is 0 Å². The predicted octanol–water partition coefficient (Wildman–Crippen LogP) is 2.45. The Labute approximate surface area is 117 Å². The van der Waals surface area contributed by atoms with Crippen molar-refractivity contribution in [3.8, 4) is 0 Å². The maximum Gasteiger partial charge on any atom is 0.310 e. The fourth-order valence-electron chi connectivity index (χ4n) is 2.76. The number of nitrogens with zero attached hydrogens (tertiary/aromatic N) is 2. The Balaban J connectivity index is 2.10. The van der Waals surface area contributed by atoms with Crippen molar-refractivity contribution in [1.82, 2.24) is 15.1 Å². The molecule has 6 heteroatoms. The van der Waals surface area contributed by atoms with E-state index in [1.165, 1.54) is 0 Å². The summed E-state index contributed by atoms with van der Waals surface area (Å²) in [5.41, 5.74) is 1.04. The summed E-state index contributed by atoms with van der Waals surface area (Å²) < 4.78 is 0. The average Bonchev–Trinajstić information content (AvgIpc) is 2.71. The van der Waals surface area contributed by atoms with Crippen LogP contribution in [0, 0.1) is 12.3 Å². The molecule has 1 aliphatic heterocycles. The van der Waals surface area contributed by atoms with Crippen molar-refractivity contribution in [3.63, 3.8) is 0 Å². The molecule has 0 radical (unpaired) electrons. The van der Waals surface area contributed by atoms with Crippen molar-refractivity contribution in [3.05, 3.63) is 16.4 Å². The number of H-pyrrole nitrogens is 1. The molecule has 0 spiro atoms. The van der Waals surface area contributed by atoms with Crippen molar-refractivity contribution in [2.75, 3.05) is 13.1 Å². The molecule has 1 aromatic heterocycles. The Morgan fingerprint density at radius 2 is 2.37 bits per heavy atom. The summed E-state index contributed by atoms with van der Waals surface area (Å²) in [6.45, 7) is 5.91. The minimum absolute atomic E-state index is 0.571. The third-order valence-corrected chi connectivity index (χ3v) is 4.60. The van der Waals surface area contributed by atoms with E-state index in [9.17, 15) is 9.90 Å². The second kappa shape index (κ2) is 5.51. The SMILES string of the molecule is CCC1(C(=O)O)CCCN(Cc2n[nH]c(C)c2Cl)C1. The standard InChI is InChI=1S/C13H20ClN3O2/c1-3-13(12(18)19)5-4-6-17(8-13)7-10-11(14)9(2)15-16-10/h3-8H2,1-2H3,(H,15,16)(H,18,19). The van der Waals surface area contributed by atoms with Gasteiger partial charge in [0.1, 0.15) is 0 Å². The zero-order chi connectivity index (χ0) is 14.0. The molecule has 1 aliphatic rings. The van der Waals surface area contributed by atoms with Crippen LogP contribution in [0.1, 0.15) is 37.6 Å². The minimum atomic E-state index is -0.691. The van der Waals surface area contributed by atoms with Gasteiger partial charge in [-0.1, -0.05) is 18.5 Å². The maximum absolute atomic E-state index is 11.5. The number of aromatic amines is 1. The molecule has 2 heterocycles. The number of hydrogen-bond acceptors (Lipinski definition) is 3. The first-order valence-electron chi connectivity index (χ1n) is 6.63. The van der Waals surface area contributed by atoms with Gasteiger partial charge in [0.2, 0.25) is 0 Å². The fraction of sp³-hybridized carbons (Fsp3) is 0.692. The van der Waals surface area contributed by atoms with Crippen LogP contribution in [0.15, 0.2) is 0 Å². The van der Waals surface area contributed by atoms with E-state index in [0.717, 1.165) is 30.8 Å². The number of carboxylic acids is 1. The summed E-state index contributed by atoms with van der Waals surface area (Å²) in [7, 11) is 0. The fourth-order valence-corrected chi connectivity index (χ4v) is 2.90. The zero-order valence-corrected chi connectivity index (χ0v) is 12.1. The first-order chi connectivity index (χ1) is 8.98. The molecule has 0 aromatic carbocycles. The number of hydrogen-bond donors (Lipinski definition) is 2. The van der Waals surface area contributed by atoms with Crippen LogP contribution in [0.4, 0.5) is 0 Å². The molecule has 106 valence electrons. The highest BCUT2D eigenvalue weighted by atomic mass is 35.5. The Morgan fingerprint density at radius 1 is 1.63 bits per heavy atom. The molecule has 0 saturated carbocycles. The van der Waals surface area contributed by atoms with Crippen LogP contribution in [0.3, 0.4) is 0 Å². The highest BCUT2D eigenvalue weighted by Gasteiger charge is 2.40. The van der Waals surface area contributed by atoms with Gasteiger partial charge >= 0.3 is 5.97 Å². The Hall–Kier alpha value is -1.07. The van der Waals surface area contributed by atoms with Crippen molar-refractivity contribution < 1.29 is 9.90 Å². The quantitative estimate of drug-likeness (QED) is 0.891. The molecule has 1 fully saturated rings. The maximum atomic E-state index is 11.5. The van der Waals surface area contributed by atoms with E-state index in [-0.39, 0.29) is 0 Å². The number of aliphatic carboxylic acids is 1. The highest BCUT2D eigenvalue weighted by molar-refractivity contribution is 6.31. The van der Waals surface area contributed by atoms with Gasteiger partial charge in [0, 0.05) is 13.1 Å². The molecular weight excluding hydrogens is 266 g/mol. The van der Waals surface area contributed by atoms with E-state index in [4.69, 9.17) is 11.6 Å². The van der Waals surface area contributed by atoms with Crippen LogP contribution in [0.2, 0.25) is 5.02 Å². The summed E-state index contributed by atoms with van der Waals surface area (Å²) in [6.07, 6.45) is 2.32. The number of nitrogens with one attached hydrogen (secondary N) is 1. The molecule has 1 unspecified atom stereocenters. The van der Waals surface area contributed by atoms with E-state index >= 15 is 0 Å². The van der Waals surface area contributed by atoms with Gasteiger partial charge in [0.15, 0.2) is 0 Å². The molecule has 1 aromatic rings. The number of aromatic nitrogens is 2. The summed E-state index contributed by atoms with van der Waals surface area (Å²) in [4.78, 5) is 13.6. The number of halogens is 1. The van der Waals surface area contributed by atoms with Crippen LogP contribution >= 0.6 is 11.6 Å². The molecule has 19 heavy (non-hydrogen) atoms. The number of aryl methyl sites for hydroxylation is 1. The van der Waals surface area contributed by atoms with E-state index < -0.39 is 11.4 Å². The van der Waals surface area contributed by atoms with Crippen LogP contribution in [-0.2, 0) is 11.3 Å². The predicted molar refractivity (Wildman–Crippen MR) is 73.2 cm³/mol. The monoisotopic (exact) mass is 285 g/mol. The summed E-state index contributed by atoms with van der Waals surface area (Å²) in [6, 6.07) is 0. The van der Waals surface area contributed by atoms with Crippen molar-refractivity contribution in [2.45, 2.75) is 39.7 Å². The Morgan fingerprint density at radius 3 is 2.89 bits per heavy atom. The lowest BCUT2D eigenvalue weighted by atomic mass is 9.77. The van der Waals surface area contributed by atoms with Gasteiger partial charge in [-0.3, -0.25) is 14.8 Å². The second-order valence-electron chi connectivity index (χ2n) is 5.36. The molecular formula is C13H20ClN3O2. The largest absolute Gasteiger partial charge is 0.481 e. The molecule has 1 saturated heterocycles. The normalized spacial score (nSPS) is 24.6. The first kappa shape index (κ1) is 14.3. The van der Waals surface area contributed by atoms with Crippen LogP contribution in [0.5, 0.6) is 0 Å². The van der Waals surface area contributed by atoms with Crippen molar-refractivity contribution in [1.29, 1.82) is 0 Å². The third-order valence-electron chi connectivity index (χ3n) is 4.10. The van der Waals surface area contributed by atoms with Gasteiger partial charge < -0.3 is 5.11 Å². The Bertz CT molecular complexity index is 474. The van der Waals surface area contributed by atoms with E-state index in [1.54, 1.807) is 0 Å². The number of piperidine rings is 1.